The summed E-state index contributed by atoms with van der Waals surface area (Å²) in [5, 5.41) is 27.2. The molecular weight excluding hydrogens is 522 g/mol. The van der Waals surface area contributed by atoms with Crippen LogP contribution >= 0.6 is 0 Å². The number of ether oxygens (including phenoxy) is 2. The molecule has 212 valence electrons. The normalized spacial score (nSPS) is 14.9. The Bertz CT molecular complexity index is 1580. The van der Waals surface area contributed by atoms with Crippen LogP contribution < -0.4 is 19.7 Å². The number of pyridine rings is 3. The molecule has 1 fully saturated rings. The van der Waals surface area contributed by atoms with E-state index in [4.69, 9.17) is 14.5 Å². The Kier molecular flexibility index (Phi) is 7.51. The monoisotopic (exact) mass is 555 g/mol. The van der Waals surface area contributed by atoms with Crippen molar-refractivity contribution in [2.45, 2.75) is 44.8 Å². The van der Waals surface area contributed by atoms with Crippen LogP contribution in [0.3, 0.4) is 0 Å². The van der Waals surface area contributed by atoms with Gasteiger partial charge in [0.1, 0.15) is 24.2 Å². The number of piperidine rings is 1. The highest BCUT2D eigenvalue weighted by atomic mass is 16.5. The van der Waals surface area contributed by atoms with Crippen molar-refractivity contribution in [3.05, 3.63) is 66.2 Å². The number of anilines is 1. The SMILES string of the molecule is COc1ccc(C(=O)NC2(C)CCN(c3ccc(-c4cc(OCC(C)(C)O)cn5ncc(C#N)c45)cn3)CC2)cn1. The van der Waals surface area contributed by atoms with Gasteiger partial charge < -0.3 is 24.8 Å². The first-order valence-electron chi connectivity index (χ1n) is 13.4. The third-order valence-electron chi connectivity index (χ3n) is 7.17. The van der Waals surface area contributed by atoms with Crippen LogP contribution in [0.2, 0.25) is 0 Å². The quantitative estimate of drug-likeness (QED) is 0.334. The second-order valence-electron chi connectivity index (χ2n) is 11.1. The van der Waals surface area contributed by atoms with Crippen LogP contribution in [-0.4, -0.2) is 68.5 Å². The molecule has 0 atom stereocenters. The van der Waals surface area contributed by atoms with Crippen LogP contribution in [0.4, 0.5) is 5.82 Å². The predicted octanol–water partition coefficient (Wildman–Crippen LogP) is 3.61. The van der Waals surface area contributed by atoms with Crippen molar-refractivity contribution in [3.8, 4) is 28.8 Å². The molecule has 4 aromatic heterocycles. The molecule has 1 aliphatic rings. The zero-order valence-electron chi connectivity index (χ0n) is 23.6. The van der Waals surface area contributed by atoms with Crippen LogP contribution in [-0.2, 0) is 0 Å². The molecule has 1 amide bonds. The summed E-state index contributed by atoms with van der Waals surface area (Å²) in [5.74, 6) is 1.66. The van der Waals surface area contributed by atoms with Crippen molar-refractivity contribution < 1.29 is 19.4 Å². The van der Waals surface area contributed by atoms with E-state index in [1.54, 1.807) is 42.9 Å². The summed E-state index contributed by atoms with van der Waals surface area (Å²) in [6, 6.07) is 11.4. The smallest absolute Gasteiger partial charge is 0.253 e. The number of aliphatic hydroxyl groups is 1. The van der Waals surface area contributed by atoms with Crippen molar-refractivity contribution in [1.82, 2.24) is 24.9 Å². The third-order valence-corrected chi connectivity index (χ3v) is 7.17. The highest BCUT2D eigenvalue weighted by Crippen LogP contribution is 2.32. The molecule has 11 nitrogen and oxygen atoms in total. The van der Waals surface area contributed by atoms with Gasteiger partial charge in [-0.15, -0.1) is 0 Å². The van der Waals surface area contributed by atoms with Gasteiger partial charge in [0, 0.05) is 48.2 Å². The van der Waals surface area contributed by atoms with Crippen molar-refractivity contribution in [2.75, 3.05) is 31.7 Å². The number of carbonyl (C=O) groups is 1. The Labute approximate surface area is 238 Å². The Morgan fingerprint density at radius 2 is 1.95 bits per heavy atom. The molecule has 0 unspecified atom stereocenters. The summed E-state index contributed by atoms with van der Waals surface area (Å²) in [4.78, 5) is 23.9. The molecule has 5 rings (SSSR count). The topological polar surface area (TPSA) is 138 Å². The minimum absolute atomic E-state index is 0.104. The molecule has 2 N–H and O–H groups in total. The largest absolute Gasteiger partial charge is 0.489 e. The summed E-state index contributed by atoms with van der Waals surface area (Å²) in [6.45, 7) is 6.98. The minimum Gasteiger partial charge on any atom is -0.489 e. The highest BCUT2D eigenvalue weighted by Gasteiger charge is 2.32. The van der Waals surface area contributed by atoms with Crippen molar-refractivity contribution in [2.24, 2.45) is 0 Å². The van der Waals surface area contributed by atoms with E-state index in [9.17, 15) is 15.2 Å². The van der Waals surface area contributed by atoms with E-state index in [0.29, 0.717) is 28.3 Å². The molecule has 0 aliphatic carbocycles. The fourth-order valence-electron chi connectivity index (χ4n) is 4.81. The number of methoxy groups -OCH3 is 1. The van der Waals surface area contributed by atoms with E-state index in [1.807, 2.05) is 18.2 Å². The Morgan fingerprint density at radius 1 is 1.17 bits per heavy atom. The lowest BCUT2D eigenvalue weighted by atomic mass is 9.89. The summed E-state index contributed by atoms with van der Waals surface area (Å²) in [7, 11) is 1.54. The first-order valence-corrected chi connectivity index (χ1v) is 13.4. The molecule has 0 spiro atoms. The number of amides is 1. The number of hydrogen-bond acceptors (Lipinski definition) is 9. The molecule has 1 aliphatic heterocycles. The maximum atomic E-state index is 12.8. The van der Waals surface area contributed by atoms with Gasteiger partial charge in [0.15, 0.2) is 0 Å². The van der Waals surface area contributed by atoms with Gasteiger partial charge in [0.2, 0.25) is 5.88 Å². The number of hydrogen-bond donors (Lipinski definition) is 2. The molecular formula is C30H33N7O4. The molecule has 4 aromatic rings. The summed E-state index contributed by atoms with van der Waals surface area (Å²) < 4.78 is 12.5. The fraction of sp³-hybridized carbons (Fsp3) is 0.367. The van der Waals surface area contributed by atoms with Gasteiger partial charge in [-0.3, -0.25) is 4.79 Å². The maximum Gasteiger partial charge on any atom is 0.253 e. The Hall–Kier alpha value is -4.69. The van der Waals surface area contributed by atoms with Gasteiger partial charge in [-0.1, -0.05) is 0 Å². The van der Waals surface area contributed by atoms with Crippen LogP contribution in [0.5, 0.6) is 11.6 Å². The van der Waals surface area contributed by atoms with Gasteiger partial charge in [0.05, 0.1) is 41.7 Å². The number of nitrogens with zero attached hydrogens (tertiary/aromatic N) is 6. The number of nitriles is 1. The number of rotatable bonds is 8. The van der Waals surface area contributed by atoms with E-state index in [0.717, 1.165) is 42.9 Å². The molecule has 0 bridgehead atoms. The average Bonchev–Trinajstić information content (AvgIpc) is 3.39. The summed E-state index contributed by atoms with van der Waals surface area (Å²) >= 11 is 0. The van der Waals surface area contributed by atoms with Crippen molar-refractivity contribution in [3.63, 3.8) is 0 Å². The summed E-state index contributed by atoms with van der Waals surface area (Å²) in [5.41, 5.74) is 1.82. The van der Waals surface area contributed by atoms with Crippen LogP contribution in [0.15, 0.2) is 55.1 Å². The number of nitrogens with one attached hydrogen (secondary N) is 1. The van der Waals surface area contributed by atoms with Gasteiger partial charge in [0.25, 0.3) is 5.91 Å². The molecule has 41 heavy (non-hydrogen) atoms. The summed E-state index contributed by atoms with van der Waals surface area (Å²) in [6.07, 6.45) is 8.04. The number of fused-ring (bicyclic) bond motifs is 1. The average molecular weight is 556 g/mol. The lowest BCUT2D eigenvalue weighted by Crippen LogP contribution is -2.53. The lowest BCUT2D eigenvalue weighted by molar-refractivity contribution is 0.0283. The third kappa shape index (κ3) is 6.23. The van der Waals surface area contributed by atoms with Gasteiger partial charge in [-0.2, -0.15) is 10.4 Å². The first kappa shape index (κ1) is 27.9. The highest BCUT2D eigenvalue weighted by molar-refractivity contribution is 5.94. The second-order valence-corrected chi connectivity index (χ2v) is 11.1. The molecule has 5 heterocycles. The standard InChI is InChI=1S/C30H33N7O4/c1-29(2,39)19-41-23-13-24(27-22(14-31)17-34-37(27)18-23)20-5-7-25(32-15-20)36-11-9-30(3,10-12-36)35-28(38)21-6-8-26(40-4)33-16-21/h5-8,13,15-18,39H,9-12,19H2,1-4H3,(H,35,38). The van der Waals surface area contributed by atoms with Crippen molar-refractivity contribution in [1.29, 1.82) is 5.26 Å². The fourth-order valence-corrected chi connectivity index (χ4v) is 4.81. The van der Waals surface area contributed by atoms with Crippen LogP contribution in [0, 0.1) is 11.3 Å². The zero-order chi connectivity index (χ0) is 29.2. The van der Waals surface area contributed by atoms with E-state index in [2.05, 4.69) is 33.3 Å². The van der Waals surface area contributed by atoms with Gasteiger partial charge >= 0.3 is 0 Å². The number of carbonyl (C=O) groups excluding carboxylic acids is 1. The van der Waals surface area contributed by atoms with E-state index < -0.39 is 5.60 Å². The van der Waals surface area contributed by atoms with E-state index >= 15 is 0 Å². The van der Waals surface area contributed by atoms with E-state index in [1.165, 1.54) is 19.5 Å². The second kappa shape index (κ2) is 11.1. The van der Waals surface area contributed by atoms with Crippen LogP contribution in [0.25, 0.3) is 16.6 Å². The molecule has 0 aromatic carbocycles. The number of aromatic nitrogens is 4. The Balaban J connectivity index is 1.30. The molecule has 1 saturated heterocycles. The minimum atomic E-state index is -1.000. The first-order chi connectivity index (χ1) is 19.6. The Morgan fingerprint density at radius 3 is 2.56 bits per heavy atom. The molecule has 11 heteroatoms. The van der Waals surface area contributed by atoms with Crippen LogP contribution in [0.1, 0.15) is 49.5 Å². The van der Waals surface area contributed by atoms with Gasteiger partial charge in [-0.05, 0) is 57.9 Å². The lowest BCUT2D eigenvalue weighted by Gasteiger charge is -2.40. The van der Waals surface area contributed by atoms with E-state index in [-0.39, 0.29) is 18.1 Å². The van der Waals surface area contributed by atoms with Crippen molar-refractivity contribution >= 4 is 17.2 Å². The molecule has 0 saturated carbocycles. The molecule has 0 radical (unpaired) electrons. The maximum absolute atomic E-state index is 12.8. The predicted molar refractivity (Wildman–Crippen MR) is 153 cm³/mol. The van der Waals surface area contributed by atoms with Gasteiger partial charge in [-0.25, -0.2) is 14.5 Å². The zero-order valence-corrected chi connectivity index (χ0v) is 23.6.